The van der Waals surface area contributed by atoms with Crippen LogP contribution in [0.2, 0.25) is 0 Å². The highest BCUT2D eigenvalue weighted by atomic mass is 16.5. The van der Waals surface area contributed by atoms with Gasteiger partial charge in [-0.1, -0.05) is 60.7 Å². The van der Waals surface area contributed by atoms with Gasteiger partial charge < -0.3 is 9.64 Å². The molecule has 1 heterocycles. The monoisotopic (exact) mass is 310 g/mol. The first-order valence-corrected chi connectivity index (χ1v) is 8.35. The molecule has 2 aromatic rings. The Labute approximate surface area is 137 Å². The Morgan fingerprint density at radius 1 is 1.04 bits per heavy atom. The van der Waals surface area contributed by atoms with E-state index in [9.17, 15) is 4.79 Å². The zero-order valence-corrected chi connectivity index (χ0v) is 13.6. The molecule has 2 aromatic carbocycles. The topological polar surface area (TPSA) is 30.7 Å². The maximum Gasteiger partial charge on any atom is 0.318 e. The highest BCUT2D eigenvalue weighted by Gasteiger charge is 2.29. The average molecular weight is 310 g/mol. The summed E-state index contributed by atoms with van der Waals surface area (Å²) in [5.41, 5.74) is 1.97. The molecule has 1 aliphatic heterocycles. The van der Waals surface area contributed by atoms with E-state index in [1.54, 1.807) is 0 Å². The summed E-state index contributed by atoms with van der Waals surface area (Å²) in [5, 5.41) is 0. The standard InChI is InChI=1S/C20H23NO2/c1-21-14-8-13-18(15-21)23-20(22)19(16-9-4-2-5-10-16)17-11-6-3-7-12-17/h2-7,9-12,18-19H,8,13-15H2,1H3/p+1. The van der Waals surface area contributed by atoms with Crippen molar-refractivity contribution < 1.29 is 14.4 Å². The van der Waals surface area contributed by atoms with Crippen LogP contribution in [0.3, 0.4) is 0 Å². The maximum atomic E-state index is 12.9. The second-order valence-corrected chi connectivity index (χ2v) is 6.37. The van der Waals surface area contributed by atoms with Crippen LogP contribution >= 0.6 is 0 Å². The number of esters is 1. The van der Waals surface area contributed by atoms with E-state index in [0.29, 0.717) is 0 Å². The van der Waals surface area contributed by atoms with E-state index in [0.717, 1.165) is 37.1 Å². The Bertz CT molecular complexity index is 587. The third-order valence-corrected chi connectivity index (χ3v) is 4.49. The first kappa shape index (κ1) is 15.8. The van der Waals surface area contributed by atoms with Crippen LogP contribution in [0.25, 0.3) is 0 Å². The molecule has 0 aromatic heterocycles. The van der Waals surface area contributed by atoms with Gasteiger partial charge in [0.1, 0.15) is 12.5 Å². The molecule has 1 saturated heterocycles. The van der Waals surface area contributed by atoms with E-state index in [2.05, 4.69) is 7.05 Å². The predicted octanol–water partition coefficient (Wildman–Crippen LogP) is 2.04. The first-order valence-electron chi connectivity index (χ1n) is 8.35. The van der Waals surface area contributed by atoms with Crippen LogP contribution in [0.5, 0.6) is 0 Å². The third kappa shape index (κ3) is 3.99. The SMILES string of the molecule is C[NH+]1CCCC(OC(=O)C(c2ccccc2)c2ccccc2)C1. The van der Waals surface area contributed by atoms with Gasteiger partial charge in [0.2, 0.25) is 0 Å². The number of quaternary nitrogens is 1. The number of carbonyl (C=O) groups excluding carboxylic acids is 1. The fraction of sp³-hybridized carbons (Fsp3) is 0.350. The fourth-order valence-electron chi connectivity index (χ4n) is 3.31. The molecule has 0 saturated carbocycles. The Morgan fingerprint density at radius 2 is 1.61 bits per heavy atom. The number of hydrogen-bond donors (Lipinski definition) is 1. The van der Waals surface area contributed by atoms with Gasteiger partial charge in [-0.05, 0) is 17.5 Å². The van der Waals surface area contributed by atoms with Crippen molar-refractivity contribution in [3.63, 3.8) is 0 Å². The molecule has 0 bridgehead atoms. The minimum Gasteiger partial charge on any atom is -0.456 e. The molecule has 1 aliphatic rings. The Morgan fingerprint density at radius 3 is 2.13 bits per heavy atom. The number of nitrogens with one attached hydrogen (secondary N) is 1. The van der Waals surface area contributed by atoms with Crippen LogP contribution in [-0.4, -0.2) is 32.2 Å². The molecule has 2 atom stereocenters. The number of hydrogen-bond acceptors (Lipinski definition) is 2. The summed E-state index contributed by atoms with van der Waals surface area (Å²) in [6.45, 7) is 2.07. The van der Waals surface area contributed by atoms with Crippen molar-refractivity contribution in [1.29, 1.82) is 0 Å². The van der Waals surface area contributed by atoms with Gasteiger partial charge in [-0.2, -0.15) is 0 Å². The van der Waals surface area contributed by atoms with E-state index in [1.165, 1.54) is 4.90 Å². The van der Waals surface area contributed by atoms with Gasteiger partial charge in [-0.3, -0.25) is 4.79 Å². The summed E-state index contributed by atoms with van der Waals surface area (Å²) in [6, 6.07) is 19.8. The molecular weight excluding hydrogens is 286 g/mol. The van der Waals surface area contributed by atoms with Gasteiger partial charge in [-0.25, -0.2) is 0 Å². The van der Waals surface area contributed by atoms with E-state index < -0.39 is 0 Å². The normalized spacial score (nSPS) is 21.1. The van der Waals surface area contributed by atoms with Crippen molar-refractivity contribution in [3.05, 3.63) is 71.8 Å². The van der Waals surface area contributed by atoms with E-state index in [4.69, 9.17) is 4.74 Å². The first-order chi connectivity index (χ1) is 11.2. The molecule has 120 valence electrons. The molecular formula is C20H24NO2+. The highest BCUT2D eigenvalue weighted by molar-refractivity contribution is 5.82. The van der Waals surface area contributed by atoms with Gasteiger partial charge >= 0.3 is 5.97 Å². The van der Waals surface area contributed by atoms with Crippen LogP contribution < -0.4 is 4.90 Å². The average Bonchev–Trinajstić information content (AvgIpc) is 2.57. The molecule has 1 fully saturated rings. The minimum atomic E-state index is -0.348. The van der Waals surface area contributed by atoms with Crippen LogP contribution in [0.1, 0.15) is 29.9 Å². The molecule has 0 radical (unpaired) electrons. The quantitative estimate of drug-likeness (QED) is 0.876. The molecule has 0 aliphatic carbocycles. The second-order valence-electron chi connectivity index (χ2n) is 6.37. The minimum absolute atomic E-state index is 0.0335. The van der Waals surface area contributed by atoms with Gasteiger partial charge in [-0.15, -0.1) is 0 Å². The molecule has 1 N–H and O–H groups in total. The summed E-state index contributed by atoms with van der Waals surface area (Å²) < 4.78 is 5.87. The summed E-state index contributed by atoms with van der Waals surface area (Å²) in [5.74, 6) is -0.485. The third-order valence-electron chi connectivity index (χ3n) is 4.49. The fourth-order valence-corrected chi connectivity index (χ4v) is 3.31. The van der Waals surface area contributed by atoms with E-state index >= 15 is 0 Å². The largest absolute Gasteiger partial charge is 0.456 e. The van der Waals surface area contributed by atoms with Crippen LogP contribution in [0.15, 0.2) is 60.7 Å². The number of likely N-dealkylation sites (tertiary alicyclic amines) is 1. The van der Waals surface area contributed by atoms with Crippen molar-refractivity contribution in [2.45, 2.75) is 24.9 Å². The summed E-state index contributed by atoms with van der Waals surface area (Å²) in [4.78, 5) is 14.3. The molecule has 3 heteroatoms. The Hall–Kier alpha value is -2.13. The number of likely N-dealkylation sites (N-methyl/N-ethyl adjacent to an activating group) is 1. The Kier molecular flexibility index (Phi) is 5.09. The number of rotatable bonds is 4. The second kappa shape index (κ2) is 7.42. The van der Waals surface area contributed by atoms with Crippen molar-refractivity contribution >= 4 is 5.97 Å². The van der Waals surface area contributed by atoms with Crippen molar-refractivity contribution in [1.82, 2.24) is 0 Å². The smallest absolute Gasteiger partial charge is 0.318 e. The maximum absolute atomic E-state index is 12.9. The zero-order chi connectivity index (χ0) is 16.1. The summed E-state index contributed by atoms with van der Waals surface area (Å²) in [6.07, 6.45) is 2.12. The lowest BCUT2D eigenvalue weighted by Crippen LogP contribution is -3.11. The predicted molar refractivity (Wildman–Crippen MR) is 90.5 cm³/mol. The number of piperidine rings is 1. The van der Waals surface area contributed by atoms with E-state index in [-0.39, 0.29) is 18.0 Å². The van der Waals surface area contributed by atoms with Crippen LogP contribution in [0, 0.1) is 0 Å². The molecule has 0 amide bonds. The highest BCUT2D eigenvalue weighted by Crippen LogP contribution is 2.26. The molecule has 23 heavy (non-hydrogen) atoms. The lowest BCUT2D eigenvalue weighted by molar-refractivity contribution is -0.888. The van der Waals surface area contributed by atoms with Gasteiger partial charge in [0.05, 0.1) is 13.6 Å². The number of benzene rings is 2. The van der Waals surface area contributed by atoms with Crippen molar-refractivity contribution in [2.75, 3.05) is 20.1 Å². The molecule has 2 unspecified atom stereocenters. The molecule has 3 nitrogen and oxygen atoms in total. The van der Waals surface area contributed by atoms with Crippen molar-refractivity contribution in [2.24, 2.45) is 0 Å². The van der Waals surface area contributed by atoms with E-state index in [1.807, 2.05) is 60.7 Å². The zero-order valence-electron chi connectivity index (χ0n) is 13.6. The number of carbonyl (C=O) groups is 1. The number of ether oxygens (including phenoxy) is 1. The summed E-state index contributed by atoms with van der Waals surface area (Å²) in [7, 11) is 2.16. The van der Waals surface area contributed by atoms with Crippen LogP contribution in [0.4, 0.5) is 0 Å². The van der Waals surface area contributed by atoms with Gasteiger partial charge in [0.15, 0.2) is 6.10 Å². The van der Waals surface area contributed by atoms with Crippen molar-refractivity contribution in [3.8, 4) is 0 Å². The lowest BCUT2D eigenvalue weighted by Gasteiger charge is -2.28. The van der Waals surface area contributed by atoms with Crippen LogP contribution in [-0.2, 0) is 9.53 Å². The summed E-state index contributed by atoms with van der Waals surface area (Å²) >= 11 is 0. The molecule has 3 rings (SSSR count). The lowest BCUT2D eigenvalue weighted by atomic mass is 9.91. The Balaban J connectivity index is 1.82. The molecule has 0 spiro atoms. The van der Waals surface area contributed by atoms with Gasteiger partial charge in [0, 0.05) is 6.42 Å². The van der Waals surface area contributed by atoms with Gasteiger partial charge in [0.25, 0.3) is 0 Å².